The van der Waals surface area contributed by atoms with E-state index in [1.165, 1.54) is 12.1 Å². The zero-order chi connectivity index (χ0) is 14.0. The number of halogens is 2. The Morgan fingerprint density at radius 2 is 1.89 bits per heavy atom. The Morgan fingerprint density at radius 1 is 1.16 bits per heavy atom. The van der Waals surface area contributed by atoms with E-state index in [-0.39, 0.29) is 10.6 Å². The second kappa shape index (κ2) is 5.33. The lowest BCUT2D eigenvalue weighted by molar-refractivity contribution is 0.596. The summed E-state index contributed by atoms with van der Waals surface area (Å²) in [6.07, 6.45) is 0. The maximum absolute atomic E-state index is 13.3. The molecule has 2 aromatic carbocycles. The smallest absolute Gasteiger partial charge is 0.261 e. The number of anilines is 2. The first-order valence-electron chi connectivity index (χ1n) is 5.22. The highest BCUT2D eigenvalue weighted by Gasteiger charge is 2.15. The lowest BCUT2D eigenvalue weighted by Crippen LogP contribution is -2.13. The van der Waals surface area contributed by atoms with E-state index in [1.807, 2.05) is 6.07 Å². The van der Waals surface area contributed by atoms with Crippen LogP contribution in [-0.4, -0.2) is 8.42 Å². The van der Waals surface area contributed by atoms with Crippen molar-refractivity contribution in [1.29, 1.82) is 0 Å². The van der Waals surface area contributed by atoms with Gasteiger partial charge in [0.05, 0.1) is 10.6 Å². The molecule has 0 radical (unpaired) electrons. The SMILES string of the molecule is Nc1ccc(S(=O)(=O)Nc2cccc(I)c2)cc1F. The highest BCUT2D eigenvalue weighted by molar-refractivity contribution is 14.1. The molecule has 0 spiro atoms. The van der Waals surface area contributed by atoms with E-state index in [0.29, 0.717) is 5.69 Å². The van der Waals surface area contributed by atoms with Crippen molar-refractivity contribution >= 4 is 44.0 Å². The molecule has 3 N–H and O–H groups in total. The van der Waals surface area contributed by atoms with Crippen molar-refractivity contribution in [2.45, 2.75) is 4.90 Å². The third-order valence-corrected chi connectivity index (χ3v) is 4.41. The average Bonchev–Trinajstić information content (AvgIpc) is 2.32. The van der Waals surface area contributed by atoms with Gasteiger partial charge >= 0.3 is 0 Å². The van der Waals surface area contributed by atoms with Gasteiger partial charge < -0.3 is 5.73 Å². The van der Waals surface area contributed by atoms with Gasteiger partial charge in [0, 0.05) is 9.26 Å². The van der Waals surface area contributed by atoms with Gasteiger partial charge in [-0.05, 0) is 59.0 Å². The van der Waals surface area contributed by atoms with Crippen LogP contribution < -0.4 is 10.5 Å². The van der Waals surface area contributed by atoms with Crippen molar-refractivity contribution in [1.82, 2.24) is 0 Å². The van der Waals surface area contributed by atoms with Crippen molar-refractivity contribution in [2.24, 2.45) is 0 Å². The number of nitrogens with two attached hydrogens (primary N) is 1. The molecular formula is C12H10FIN2O2S. The quantitative estimate of drug-likeness (QED) is 0.624. The van der Waals surface area contributed by atoms with Crippen molar-refractivity contribution in [2.75, 3.05) is 10.5 Å². The van der Waals surface area contributed by atoms with Crippen molar-refractivity contribution in [3.8, 4) is 0 Å². The minimum Gasteiger partial charge on any atom is -0.396 e. The fraction of sp³-hybridized carbons (Fsp3) is 0. The van der Waals surface area contributed by atoms with Gasteiger partial charge in [-0.1, -0.05) is 6.07 Å². The van der Waals surface area contributed by atoms with Gasteiger partial charge in [0.1, 0.15) is 5.82 Å². The van der Waals surface area contributed by atoms with Crippen LogP contribution in [0.5, 0.6) is 0 Å². The zero-order valence-corrected chi connectivity index (χ0v) is 12.6. The third kappa shape index (κ3) is 3.35. The summed E-state index contributed by atoms with van der Waals surface area (Å²) in [5.74, 6) is -0.759. The van der Waals surface area contributed by atoms with Crippen molar-refractivity contribution < 1.29 is 12.8 Å². The molecule has 100 valence electrons. The van der Waals surface area contributed by atoms with Gasteiger partial charge in [-0.3, -0.25) is 4.72 Å². The van der Waals surface area contributed by atoms with E-state index >= 15 is 0 Å². The minimum absolute atomic E-state index is 0.0896. The Labute approximate surface area is 124 Å². The van der Waals surface area contributed by atoms with Crippen LogP contribution in [0.4, 0.5) is 15.8 Å². The summed E-state index contributed by atoms with van der Waals surface area (Å²) in [7, 11) is -3.82. The highest BCUT2D eigenvalue weighted by Crippen LogP contribution is 2.20. The average molecular weight is 392 g/mol. The number of benzene rings is 2. The van der Waals surface area contributed by atoms with Crippen LogP contribution in [0.3, 0.4) is 0 Å². The van der Waals surface area contributed by atoms with E-state index in [2.05, 4.69) is 27.3 Å². The second-order valence-electron chi connectivity index (χ2n) is 3.80. The topological polar surface area (TPSA) is 72.2 Å². The van der Waals surface area contributed by atoms with Gasteiger partial charge in [0.2, 0.25) is 0 Å². The van der Waals surface area contributed by atoms with E-state index in [4.69, 9.17) is 5.73 Å². The Balaban J connectivity index is 2.35. The monoisotopic (exact) mass is 392 g/mol. The van der Waals surface area contributed by atoms with Crippen LogP contribution in [0.25, 0.3) is 0 Å². The Hall–Kier alpha value is -1.35. The maximum atomic E-state index is 13.3. The molecule has 2 rings (SSSR count). The van der Waals surface area contributed by atoms with E-state index < -0.39 is 15.8 Å². The highest BCUT2D eigenvalue weighted by atomic mass is 127. The molecule has 7 heteroatoms. The minimum atomic E-state index is -3.82. The summed E-state index contributed by atoms with van der Waals surface area (Å²) < 4.78 is 40.7. The van der Waals surface area contributed by atoms with Gasteiger partial charge in [0.25, 0.3) is 10.0 Å². The molecule has 0 bridgehead atoms. The lowest BCUT2D eigenvalue weighted by Gasteiger charge is -2.09. The first kappa shape index (κ1) is 14.1. The summed E-state index contributed by atoms with van der Waals surface area (Å²) in [6, 6.07) is 10.2. The maximum Gasteiger partial charge on any atom is 0.261 e. The van der Waals surface area contributed by atoms with Crippen molar-refractivity contribution in [3.63, 3.8) is 0 Å². The number of rotatable bonds is 3. The van der Waals surface area contributed by atoms with Crippen LogP contribution in [0.15, 0.2) is 47.4 Å². The molecule has 0 aliphatic rings. The Kier molecular flexibility index (Phi) is 3.95. The molecule has 0 atom stereocenters. The number of nitrogen functional groups attached to an aromatic ring is 1. The van der Waals surface area contributed by atoms with Crippen LogP contribution in [-0.2, 0) is 10.0 Å². The van der Waals surface area contributed by atoms with E-state index in [1.54, 1.807) is 18.2 Å². The van der Waals surface area contributed by atoms with Gasteiger partial charge in [-0.2, -0.15) is 0 Å². The number of sulfonamides is 1. The summed E-state index contributed by atoms with van der Waals surface area (Å²) in [6.45, 7) is 0. The Bertz CT molecular complexity index is 719. The molecule has 0 heterocycles. The van der Waals surface area contributed by atoms with E-state index in [0.717, 1.165) is 9.64 Å². The zero-order valence-electron chi connectivity index (χ0n) is 9.60. The molecule has 0 aliphatic carbocycles. The number of hydrogen-bond acceptors (Lipinski definition) is 3. The fourth-order valence-corrected chi connectivity index (χ4v) is 3.05. The first-order chi connectivity index (χ1) is 8.88. The number of nitrogens with one attached hydrogen (secondary N) is 1. The molecule has 19 heavy (non-hydrogen) atoms. The Morgan fingerprint density at radius 3 is 2.53 bits per heavy atom. The summed E-state index contributed by atoms with van der Waals surface area (Å²) in [5.41, 5.74) is 5.64. The molecular weight excluding hydrogens is 382 g/mol. The summed E-state index contributed by atoms with van der Waals surface area (Å²) >= 11 is 2.07. The second-order valence-corrected chi connectivity index (χ2v) is 6.73. The van der Waals surface area contributed by atoms with Crippen LogP contribution in [0.2, 0.25) is 0 Å². The van der Waals surface area contributed by atoms with Crippen LogP contribution in [0, 0.1) is 9.39 Å². The lowest BCUT2D eigenvalue weighted by atomic mass is 10.3. The predicted octanol–water partition coefficient (Wildman–Crippen LogP) is 2.81. The predicted molar refractivity (Wildman–Crippen MR) is 80.8 cm³/mol. The number of hydrogen-bond donors (Lipinski definition) is 2. The standard InChI is InChI=1S/C12H10FIN2O2S/c13-11-7-10(4-5-12(11)15)19(17,18)16-9-3-1-2-8(14)6-9/h1-7,16H,15H2. The molecule has 2 aromatic rings. The summed E-state index contributed by atoms with van der Waals surface area (Å²) in [5, 5.41) is 0. The first-order valence-corrected chi connectivity index (χ1v) is 7.78. The van der Waals surface area contributed by atoms with Crippen LogP contribution in [0.1, 0.15) is 0 Å². The van der Waals surface area contributed by atoms with E-state index in [9.17, 15) is 12.8 Å². The largest absolute Gasteiger partial charge is 0.396 e. The van der Waals surface area contributed by atoms with Crippen LogP contribution >= 0.6 is 22.6 Å². The van der Waals surface area contributed by atoms with Gasteiger partial charge in [-0.15, -0.1) is 0 Å². The molecule has 0 saturated carbocycles. The molecule has 0 aliphatic heterocycles. The molecule has 4 nitrogen and oxygen atoms in total. The molecule has 0 unspecified atom stereocenters. The van der Waals surface area contributed by atoms with Gasteiger partial charge in [-0.25, -0.2) is 12.8 Å². The fourth-order valence-electron chi connectivity index (χ4n) is 1.44. The summed E-state index contributed by atoms with van der Waals surface area (Å²) in [4.78, 5) is -0.168. The normalized spacial score (nSPS) is 11.3. The molecule has 0 aromatic heterocycles. The molecule has 0 saturated heterocycles. The molecule has 0 amide bonds. The third-order valence-electron chi connectivity index (χ3n) is 2.36. The van der Waals surface area contributed by atoms with Gasteiger partial charge in [0.15, 0.2) is 0 Å². The van der Waals surface area contributed by atoms with Crippen molar-refractivity contribution in [3.05, 3.63) is 51.9 Å². The molecule has 0 fully saturated rings.